The lowest BCUT2D eigenvalue weighted by Crippen LogP contribution is -2.40. The molecule has 0 fully saturated rings. The third kappa shape index (κ3) is 5.11. The third-order valence-electron chi connectivity index (χ3n) is 2.58. The Bertz CT molecular complexity index is 559. The van der Waals surface area contributed by atoms with Crippen LogP contribution in [-0.4, -0.2) is 8.07 Å². The maximum absolute atomic E-state index is 13.5. The first-order chi connectivity index (χ1) is 9.23. The van der Waals surface area contributed by atoms with Crippen LogP contribution in [0.5, 0.6) is 0 Å². The molecule has 0 aromatic heterocycles. The molecule has 0 bridgehead atoms. The van der Waals surface area contributed by atoms with E-state index in [4.69, 9.17) is 0 Å². The van der Waals surface area contributed by atoms with E-state index in [2.05, 4.69) is 51.5 Å². The summed E-state index contributed by atoms with van der Waals surface area (Å²) < 4.78 is 26.8. The van der Waals surface area contributed by atoms with Gasteiger partial charge in [0, 0.05) is 0 Å². The van der Waals surface area contributed by atoms with Crippen LogP contribution in [0.1, 0.15) is 0 Å². The maximum Gasteiger partial charge on any atom is 0.137 e. The van der Waals surface area contributed by atoms with E-state index in [1.165, 1.54) is 6.07 Å². The molecule has 108 valence electrons. The molecule has 20 heavy (non-hydrogen) atoms. The number of rotatable bonds is 1. The van der Waals surface area contributed by atoms with Crippen LogP contribution < -0.4 is 5.19 Å². The van der Waals surface area contributed by atoms with E-state index in [9.17, 15) is 8.78 Å². The Morgan fingerprint density at radius 3 is 1.75 bits per heavy atom. The molecular formula is C15H16Br2F2Si. The van der Waals surface area contributed by atoms with Gasteiger partial charge < -0.3 is 0 Å². The Morgan fingerprint density at radius 2 is 1.35 bits per heavy atom. The zero-order chi connectivity index (χ0) is 15.3. The van der Waals surface area contributed by atoms with Crippen LogP contribution in [0.15, 0.2) is 51.4 Å². The molecule has 0 aliphatic carbocycles. The topological polar surface area (TPSA) is 0 Å². The summed E-state index contributed by atoms with van der Waals surface area (Å²) in [5.41, 5.74) is 0. The van der Waals surface area contributed by atoms with Gasteiger partial charge in [0.1, 0.15) is 11.6 Å². The van der Waals surface area contributed by atoms with Crippen molar-refractivity contribution in [2.24, 2.45) is 0 Å². The second-order valence-electron chi connectivity index (χ2n) is 5.27. The summed E-state index contributed by atoms with van der Waals surface area (Å²) in [6.07, 6.45) is 0. The molecule has 0 aliphatic heterocycles. The van der Waals surface area contributed by atoms with Crippen molar-refractivity contribution >= 4 is 45.1 Å². The van der Waals surface area contributed by atoms with E-state index in [0.29, 0.717) is 8.95 Å². The molecule has 0 heterocycles. The monoisotopic (exact) mass is 420 g/mol. The summed E-state index contributed by atoms with van der Waals surface area (Å²) in [5, 5.41) is 0.886. The first-order valence-corrected chi connectivity index (χ1v) is 11.2. The highest BCUT2D eigenvalue weighted by Crippen LogP contribution is 2.15. The average Bonchev–Trinajstić information content (AvgIpc) is 2.36. The van der Waals surface area contributed by atoms with Gasteiger partial charge in [-0.1, -0.05) is 43.9 Å². The molecule has 2 aromatic rings. The van der Waals surface area contributed by atoms with Gasteiger partial charge in [0.05, 0.1) is 17.0 Å². The fraction of sp³-hybridized carbons (Fsp3) is 0.200. The van der Waals surface area contributed by atoms with Gasteiger partial charge in [0.2, 0.25) is 0 Å². The quantitative estimate of drug-likeness (QED) is 0.516. The van der Waals surface area contributed by atoms with Crippen molar-refractivity contribution in [1.29, 1.82) is 0 Å². The number of hydrogen-bond acceptors (Lipinski definition) is 0. The highest BCUT2D eigenvalue weighted by Gasteiger charge is 2.21. The molecule has 2 rings (SSSR count). The Labute approximate surface area is 136 Å². The lowest BCUT2D eigenvalue weighted by atomic mass is 10.3. The van der Waals surface area contributed by atoms with Gasteiger partial charge in [0.15, 0.2) is 0 Å². The molecule has 0 saturated heterocycles. The predicted molar refractivity (Wildman–Crippen MR) is 91.2 cm³/mol. The second kappa shape index (κ2) is 7.48. The zero-order valence-corrected chi connectivity index (χ0v) is 15.7. The Morgan fingerprint density at radius 1 is 0.800 bits per heavy atom. The molecule has 5 heteroatoms. The second-order valence-corrected chi connectivity index (χ2v) is 12.0. The molecule has 0 saturated carbocycles. The van der Waals surface area contributed by atoms with Crippen LogP contribution in [0.2, 0.25) is 19.6 Å². The minimum absolute atomic E-state index is 0.0864. The summed E-state index contributed by atoms with van der Waals surface area (Å²) in [7, 11) is -1.51. The highest BCUT2D eigenvalue weighted by atomic mass is 79.9. The lowest BCUT2D eigenvalue weighted by molar-refractivity contribution is 0.621. The van der Waals surface area contributed by atoms with Gasteiger partial charge in [-0.15, -0.1) is 0 Å². The molecule has 0 unspecified atom stereocenters. The smallest absolute Gasteiger partial charge is 0.137 e. The number of benzene rings is 2. The van der Waals surface area contributed by atoms with Crippen LogP contribution in [0.4, 0.5) is 8.78 Å². The van der Waals surface area contributed by atoms with Crippen molar-refractivity contribution in [3.05, 3.63) is 63.0 Å². The summed E-state index contributed by atoms with van der Waals surface area (Å²) in [6.45, 7) is 6.41. The maximum atomic E-state index is 13.5. The van der Waals surface area contributed by atoms with E-state index < -0.39 is 8.07 Å². The van der Waals surface area contributed by atoms with Crippen molar-refractivity contribution in [2.45, 2.75) is 19.6 Å². The Balaban J connectivity index is 0.000000217. The average molecular weight is 422 g/mol. The van der Waals surface area contributed by atoms with E-state index in [-0.39, 0.29) is 11.6 Å². The molecule has 0 amide bonds. The van der Waals surface area contributed by atoms with Gasteiger partial charge >= 0.3 is 0 Å². The standard InChI is InChI=1S/C9H12BrFSi.C6H4BrF/c1-12(2,3)8-6-4-5-7(10)9(8)11;7-5-3-1-2-4-6(5)8/h4-6H,1-3H3;1-4H. The van der Waals surface area contributed by atoms with Crippen LogP contribution in [0, 0.1) is 11.6 Å². The van der Waals surface area contributed by atoms with Crippen LogP contribution in [0.3, 0.4) is 0 Å². The van der Waals surface area contributed by atoms with Crippen molar-refractivity contribution in [1.82, 2.24) is 0 Å². The summed E-state index contributed by atoms with van der Waals surface area (Å²) in [6, 6.07) is 12.0. The van der Waals surface area contributed by atoms with Crippen LogP contribution in [-0.2, 0) is 0 Å². The van der Waals surface area contributed by atoms with E-state index in [1.54, 1.807) is 24.3 Å². The first-order valence-electron chi connectivity index (χ1n) is 6.08. The minimum Gasteiger partial charge on any atom is -0.206 e. The fourth-order valence-electron chi connectivity index (χ4n) is 1.52. The molecule has 0 aliphatic rings. The molecule has 0 atom stereocenters. The van der Waals surface area contributed by atoms with Crippen LogP contribution >= 0.6 is 31.9 Å². The van der Waals surface area contributed by atoms with Crippen molar-refractivity contribution in [3.63, 3.8) is 0 Å². The molecule has 2 aromatic carbocycles. The molecule has 0 spiro atoms. The molecule has 0 radical (unpaired) electrons. The predicted octanol–water partition coefficient (Wildman–Crippen LogP) is 5.72. The summed E-state index contributed by atoms with van der Waals surface area (Å²) in [5.74, 6) is -0.302. The van der Waals surface area contributed by atoms with E-state index >= 15 is 0 Å². The van der Waals surface area contributed by atoms with Crippen molar-refractivity contribution in [2.75, 3.05) is 0 Å². The van der Waals surface area contributed by atoms with Crippen molar-refractivity contribution in [3.8, 4) is 0 Å². The fourth-order valence-corrected chi connectivity index (χ4v) is 3.75. The van der Waals surface area contributed by atoms with Gasteiger partial charge in [0.25, 0.3) is 0 Å². The zero-order valence-electron chi connectivity index (χ0n) is 11.6. The normalized spacial score (nSPS) is 10.8. The molecule has 0 nitrogen and oxygen atoms in total. The largest absolute Gasteiger partial charge is 0.206 e. The Kier molecular flexibility index (Phi) is 6.55. The van der Waals surface area contributed by atoms with E-state index in [0.717, 1.165) is 5.19 Å². The number of halogens is 4. The van der Waals surface area contributed by atoms with Gasteiger partial charge in [-0.2, -0.15) is 0 Å². The first kappa shape index (κ1) is 17.5. The lowest BCUT2D eigenvalue weighted by Gasteiger charge is -2.17. The summed E-state index contributed by atoms with van der Waals surface area (Å²) >= 11 is 6.21. The third-order valence-corrected chi connectivity index (χ3v) is 5.84. The van der Waals surface area contributed by atoms with Gasteiger partial charge in [-0.25, -0.2) is 8.78 Å². The minimum atomic E-state index is -1.51. The summed E-state index contributed by atoms with van der Waals surface area (Å²) in [4.78, 5) is 0. The Hall–Kier alpha value is -0.523. The van der Waals surface area contributed by atoms with E-state index in [1.807, 2.05) is 12.1 Å². The van der Waals surface area contributed by atoms with Crippen molar-refractivity contribution < 1.29 is 8.78 Å². The van der Waals surface area contributed by atoms with Gasteiger partial charge in [-0.05, 0) is 55.2 Å². The molecule has 0 N–H and O–H groups in total. The molecular weight excluding hydrogens is 406 g/mol. The van der Waals surface area contributed by atoms with Gasteiger partial charge in [-0.3, -0.25) is 0 Å². The number of hydrogen-bond donors (Lipinski definition) is 0. The van der Waals surface area contributed by atoms with Crippen LogP contribution in [0.25, 0.3) is 0 Å². The SMILES string of the molecule is C[Si](C)(C)c1cccc(Br)c1F.Fc1ccccc1Br. The highest BCUT2D eigenvalue weighted by molar-refractivity contribution is 9.10.